The van der Waals surface area contributed by atoms with Gasteiger partial charge >= 0.3 is 0 Å². The van der Waals surface area contributed by atoms with Crippen molar-refractivity contribution in [3.8, 4) is 5.75 Å². The van der Waals surface area contributed by atoms with Crippen molar-refractivity contribution in [2.75, 3.05) is 33.9 Å². The van der Waals surface area contributed by atoms with Gasteiger partial charge in [0.05, 0.1) is 25.5 Å². The van der Waals surface area contributed by atoms with Gasteiger partial charge in [-0.05, 0) is 42.8 Å². The Morgan fingerprint density at radius 1 is 1.05 bits per heavy atom. The van der Waals surface area contributed by atoms with Crippen LogP contribution in [0.3, 0.4) is 0 Å². The van der Waals surface area contributed by atoms with Crippen molar-refractivity contribution >= 4 is 17.5 Å². The minimum absolute atomic E-state index is 0.168. The topological polar surface area (TPSA) is 71.4 Å². The van der Waals surface area contributed by atoms with E-state index >= 15 is 0 Å². The zero-order chi connectivity index (χ0) is 26.4. The summed E-state index contributed by atoms with van der Waals surface area (Å²) in [7, 11) is 3.12. The van der Waals surface area contributed by atoms with Crippen LogP contribution < -0.4 is 4.74 Å². The highest BCUT2D eigenvalue weighted by atomic mass is 19.1. The molecule has 0 radical (unpaired) electrons. The molecule has 0 spiro atoms. The fourth-order valence-electron chi connectivity index (χ4n) is 4.26. The average molecular weight is 504 g/mol. The Bertz CT molecular complexity index is 1290. The van der Waals surface area contributed by atoms with Gasteiger partial charge in [-0.15, -0.1) is 0 Å². The largest absolute Gasteiger partial charge is 0.497 e. The Labute approximate surface area is 216 Å². The number of hydrazone groups is 1. The van der Waals surface area contributed by atoms with Crippen LogP contribution in [0, 0.1) is 12.7 Å². The number of benzene rings is 3. The van der Waals surface area contributed by atoms with Crippen LogP contribution in [0.25, 0.3) is 0 Å². The van der Waals surface area contributed by atoms with E-state index in [4.69, 9.17) is 14.6 Å². The molecule has 0 saturated carbocycles. The van der Waals surface area contributed by atoms with Gasteiger partial charge in [0, 0.05) is 31.2 Å². The Morgan fingerprint density at radius 2 is 1.81 bits per heavy atom. The third-order valence-electron chi connectivity index (χ3n) is 6.28. The lowest BCUT2D eigenvalue weighted by Crippen LogP contribution is -2.42. The van der Waals surface area contributed by atoms with Crippen molar-refractivity contribution in [3.63, 3.8) is 0 Å². The zero-order valence-corrected chi connectivity index (χ0v) is 21.2. The molecule has 0 saturated heterocycles. The second-order valence-electron chi connectivity index (χ2n) is 8.88. The number of carbonyl (C=O) groups is 2. The summed E-state index contributed by atoms with van der Waals surface area (Å²) in [6.07, 6.45) is 0.512. The molecule has 0 aliphatic carbocycles. The molecule has 192 valence electrons. The summed E-state index contributed by atoms with van der Waals surface area (Å²) >= 11 is 0. The highest BCUT2D eigenvalue weighted by molar-refractivity contribution is 6.04. The molecule has 1 aliphatic rings. The molecule has 1 heterocycles. The second kappa shape index (κ2) is 11.8. The molecule has 0 fully saturated rings. The predicted octanol–water partition coefficient (Wildman–Crippen LogP) is 4.61. The molecule has 1 aliphatic heterocycles. The van der Waals surface area contributed by atoms with Crippen molar-refractivity contribution in [2.45, 2.75) is 19.4 Å². The normalized spacial score (nSPS) is 14.9. The van der Waals surface area contributed by atoms with E-state index in [1.54, 1.807) is 7.11 Å². The summed E-state index contributed by atoms with van der Waals surface area (Å²) < 4.78 is 24.3. The van der Waals surface area contributed by atoms with E-state index in [1.165, 1.54) is 35.2 Å². The molecule has 37 heavy (non-hydrogen) atoms. The molecule has 0 unspecified atom stereocenters. The maximum Gasteiger partial charge on any atom is 0.262 e. The maximum atomic E-state index is 13.8. The molecule has 2 amide bonds. The van der Waals surface area contributed by atoms with Gasteiger partial charge in [0.2, 0.25) is 0 Å². The van der Waals surface area contributed by atoms with Crippen LogP contribution in [0.5, 0.6) is 5.75 Å². The number of carbonyl (C=O) groups excluding carboxylic acids is 2. The van der Waals surface area contributed by atoms with Gasteiger partial charge in [0.25, 0.3) is 11.8 Å². The standard InChI is InChI=1S/C29H30FN3O4/c1-20-10-12-21(13-11-20)27-18-26(22-6-5-9-25(17-22)37-3)31-33(27)28(34)19-32(14-15-36-2)29(35)23-7-4-8-24(30)16-23/h4-13,16-17,27H,14-15,18-19H2,1-3H3/t27-/m0/s1. The van der Waals surface area contributed by atoms with Crippen molar-refractivity contribution in [1.82, 2.24) is 9.91 Å². The molecule has 7 nitrogen and oxygen atoms in total. The van der Waals surface area contributed by atoms with E-state index in [9.17, 15) is 14.0 Å². The van der Waals surface area contributed by atoms with E-state index in [0.29, 0.717) is 12.2 Å². The molecule has 3 aromatic carbocycles. The van der Waals surface area contributed by atoms with Crippen molar-refractivity contribution in [1.29, 1.82) is 0 Å². The van der Waals surface area contributed by atoms with Crippen LogP contribution in [-0.4, -0.2) is 61.4 Å². The molecular formula is C29H30FN3O4. The van der Waals surface area contributed by atoms with E-state index in [-0.39, 0.29) is 37.2 Å². The summed E-state index contributed by atoms with van der Waals surface area (Å²) in [5.41, 5.74) is 3.83. The van der Waals surface area contributed by atoms with Crippen molar-refractivity contribution < 1.29 is 23.5 Å². The first kappa shape index (κ1) is 26.0. The fourth-order valence-corrected chi connectivity index (χ4v) is 4.26. The highest BCUT2D eigenvalue weighted by Gasteiger charge is 2.34. The van der Waals surface area contributed by atoms with Gasteiger partial charge in [0.1, 0.15) is 18.1 Å². The second-order valence-corrected chi connectivity index (χ2v) is 8.88. The molecule has 1 atom stereocenters. The van der Waals surface area contributed by atoms with Gasteiger partial charge in [-0.3, -0.25) is 9.59 Å². The fraction of sp³-hybridized carbons (Fsp3) is 0.276. The average Bonchev–Trinajstić information content (AvgIpc) is 3.37. The lowest BCUT2D eigenvalue weighted by Gasteiger charge is -2.27. The summed E-state index contributed by atoms with van der Waals surface area (Å²) in [5, 5.41) is 6.17. The lowest BCUT2D eigenvalue weighted by atomic mass is 9.97. The molecule has 0 aromatic heterocycles. The van der Waals surface area contributed by atoms with Crippen molar-refractivity contribution in [2.24, 2.45) is 5.10 Å². The Morgan fingerprint density at radius 3 is 2.51 bits per heavy atom. The van der Waals surface area contributed by atoms with Gasteiger partial charge < -0.3 is 14.4 Å². The number of nitrogens with zero attached hydrogens (tertiary/aromatic N) is 3. The smallest absolute Gasteiger partial charge is 0.262 e. The first-order valence-corrected chi connectivity index (χ1v) is 12.0. The van der Waals surface area contributed by atoms with Gasteiger partial charge in [-0.1, -0.05) is 48.0 Å². The van der Waals surface area contributed by atoms with Crippen LogP contribution in [-0.2, 0) is 9.53 Å². The highest BCUT2D eigenvalue weighted by Crippen LogP contribution is 2.33. The number of amides is 2. The van der Waals surface area contributed by atoms with E-state index < -0.39 is 11.7 Å². The van der Waals surface area contributed by atoms with Crippen LogP contribution in [0.4, 0.5) is 4.39 Å². The third kappa shape index (κ3) is 6.21. The summed E-state index contributed by atoms with van der Waals surface area (Å²) in [6, 6.07) is 20.6. The van der Waals surface area contributed by atoms with E-state index in [2.05, 4.69) is 0 Å². The lowest BCUT2D eigenvalue weighted by molar-refractivity contribution is -0.133. The predicted molar refractivity (Wildman–Crippen MR) is 139 cm³/mol. The molecule has 3 aromatic rings. The summed E-state index contributed by atoms with van der Waals surface area (Å²) in [4.78, 5) is 28.2. The monoisotopic (exact) mass is 503 g/mol. The Hall–Kier alpha value is -4.04. The maximum absolute atomic E-state index is 13.8. The minimum atomic E-state index is -0.518. The number of rotatable bonds is 9. The molecule has 0 N–H and O–H groups in total. The molecule has 8 heteroatoms. The minimum Gasteiger partial charge on any atom is -0.497 e. The number of hydrogen-bond donors (Lipinski definition) is 0. The first-order chi connectivity index (χ1) is 17.9. The van der Waals surface area contributed by atoms with Crippen LogP contribution in [0.15, 0.2) is 77.9 Å². The third-order valence-corrected chi connectivity index (χ3v) is 6.28. The number of ether oxygens (including phenoxy) is 2. The van der Waals surface area contributed by atoms with Gasteiger partial charge in [0.15, 0.2) is 0 Å². The van der Waals surface area contributed by atoms with E-state index in [1.807, 2.05) is 55.5 Å². The Balaban J connectivity index is 1.64. The quantitative estimate of drug-likeness (QED) is 0.428. The zero-order valence-electron chi connectivity index (χ0n) is 21.2. The molecule has 0 bridgehead atoms. The van der Waals surface area contributed by atoms with Gasteiger partial charge in [-0.25, -0.2) is 9.40 Å². The van der Waals surface area contributed by atoms with E-state index in [0.717, 1.165) is 28.5 Å². The molecular weight excluding hydrogens is 473 g/mol. The van der Waals surface area contributed by atoms with Crippen molar-refractivity contribution in [3.05, 3.63) is 101 Å². The number of halogens is 1. The summed E-state index contributed by atoms with van der Waals surface area (Å²) in [6.45, 7) is 2.18. The van der Waals surface area contributed by atoms with Gasteiger partial charge in [-0.2, -0.15) is 5.10 Å². The number of hydrogen-bond acceptors (Lipinski definition) is 5. The number of methoxy groups -OCH3 is 2. The van der Waals surface area contributed by atoms with Crippen LogP contribution >= 0.6 is 0 Å². The molecule has 4 rings (SSSR count). The first-order valence-electron chi connectivity index (χ1n) is 12.0. The Kier molecular flexibility index (Phi) is 8.30. The summed E-state index contributed by atoms with van der Waals surface area (Å²) in [5.74, 6) is -0.615. The number of aryl methyl sites for hydroxylation is 1. The van der Waals surface area contributed by atoms with Crippen LogP contribution in [0.2, 0.25) is 0 Å². The van der Waals surface area contributed by atoms with Crippen LogP contribution in [0.1, 0.15) is 39.5 Å². The SMILES string of the molecule is COCCN(CC(=O)N1N=C(c2cccc(OC)c2)C[C@H]1c1ccc(C)cc1)C(=O)c1cccc(F)c1.